The second kappa shape index (κ2) is 6.52. The smallest absolute Gasteiger partial charge is 0.322 e. The molecule has 0 fully saturated rings. The van der Waals surface area contributed by atoms with Gasteiger partial charge in [-0.05, 0) is 38.1 Å². The number of carbonyl (C=O) groups is 1. The summed E-state index contributed by atoms with van der Waals surface area (Å²) in [5.41, 5.74) is 1.56. The summed E-state index contributed by atoms with van der Waals surface area (Å²) in [5, 5.41) is 3.92. The van der Waals surface area contributed by atoms with Crippen molar-refractivity contribution in [2.24, 2.45) is 0 Å². The van der Waals surface area contributed by atoms with Gasteiger partial charge in [-0.3, -0.25) is 4.98 Å². The van der Waals surface area contributed by atoms with Gasteiger partial charge in [-0.2, -0.15) is 0 Å². The minimum absolute atomic E-state index is 0.158. The van der Waals surface area contributed by atoms with Crippen LogP contribution in [0.25, 0.3) is 11.0 Å². The number of anilines is 1. The summed E-state index contributed by atoms with van der Waals surface area (Å²) in [5.74, 6) is 0.776. The van der Waals surface area contributed by atoms with E-state index in [1.807, 2.05) is 44.2 Å². The molecule has 5 heteroatoms. The summed E-state index contributed by atoms with van der Waals surface area (Å²) < 4.78 is 5.88. The van der Waals surface area contributed by atoms with E-state index in [1.54, 1.807) is 29.4 Å². The monoisotopic (exact) mass is 309 g/mol. The highest BCUT2D eigenvalue weighted by Crippen LogP contribution is 2.27. The fourth-order valence-electron chi connectivity index (χ4n) is 2.59. The molecule has 1 aromatic carbocycles. The van der Waals surface area contributed by atoms with Crippen LogP contribution in [0.15, 0.2) is 59.3 Å². The number of benzene rings is 1. The van der Waals surface area contributed by atoms with E-state index < -0.39 is 0 Å². The summed E-state index contributed by atoms with van der Waals surface area (Å²) in [6, 6.07) is 13.0. The first-order valence-corrected chi connectivity index (χ1v) is 7.65. The molecule has 2 amide bonds. The van der Waals surface area contributed by atoms with Gasteiger partial charge in [-0.25, -0.2) is 4.79 Å². The molecule has 1 N–H and O–H groups in total. The van der Waals surface area contributed by atoms with E-state index in [2.05, 4.69) is 10.3 Å². The van der Waals surface area contributed by atoms with Crippen molar-refractivity contribution in [3.63, 3.8) is 0 Å². The Bertz CT molecular complexity index is 765. The molecule has 0 aliphatic rings. The highest BCUT2D eigenvalue weighted by Gasteiger charge is 2.23. The predicted molar refractivity (Wildman–Crippen MR) is 90.3 cm³/mol. The van der Waals surface area contributed by atoms with E-state index in [9.17, 15) is 4.79 Å². The lowest BCUT2D eigenvalue weighted by atomic mass is 10.2. The summed E-state index contributed by atoms with van der Waals surface area (Å²) in [6.07, 6.45) is 3.29. The number of para-hydroxylation sites is 1. The number of furan rings is 1. The van der Waals surface area contributed by atoms with E-state index in [4.69, 9.17) is 4.42 Å². The van der Waals surface area contributed by atoms with Crippen molar-refractivity contribution in [3.05, 3.63) is 60.6 Å². The van der Waals surface area contributed by atoms with Gasteiger partial charge in [0, 0.05) is 30.0 Å². The van der Waals surface area contributed by atoms with Gasteiger partial charge in [0.05, 0.1) is 6.04 Å². The number of aromatic nitrogens is 1. The number of nitrogens with one attached hydrogen (secondary N) is 1. The van der Waals surface area contributed by atoms with Crippen LogP contribution in [-0.4, -0.2) is 22.5 Å². The van der Waals surface area contributed by atoms with Crippen molar-refractivity contribution >= 4 is 22.7 Å². The molecule has 3 rings (SSSR count). The highest BCUT2D eigenvalue weighted by molar-refractivity contribution is 5.89. The van der Waals surface area contributed by atoms with Gasteiger partial charge in [0.15, 0.2) is 0 Å². The maximum Gasteiger partial charge on any atom is 0.322 e. The van der Waals surface area contributed by atoms with Crippen LogP contribution in [0, 0.1) is 0 Å². The number of amides is 2. The molecular weight excluding hydrogens is 290 g/mol. The molecule has 0 aliphatic carbocycles. The van der Waals surface area contributed by atoms with Crippen LogP contribution < -0.4 is 5.32 Å². The fourth-order valence-corrected chi connectivity index (χ4v) is 2.59. The van der Waals surface area contributed by atoms with E-state index in [-0.39, 0.29) is 12.1 Å². The van der Waals surface area contributed by atoms with Gasteiger partial charge in [0.25, 0.3) is 0 Å². The molecule has 23 heavy (non-hydrogen) atoms. The second-order valence-electron chi connectivity index (χ2n) is 5.31. The molecule has 1 atom stereocenters. The van der Waals surface area contributed by atoms with Gasteiger partial charge in [-0.15, -0.1) is 0 Å². The molecule has 0 aliphatic heterocycles. The van der Waals surface area contributed by atoms with Crippen molar-refractivity contribution in [2.75, 3.05) is 11.9 Å². The topological polar surface area (TPSA) is 58.4 Å². The van der Waals surface area contributed by atoms with Gasteiger partial charge >= 0.3 is 6.03 Å². The van der Waals surface area contributed by atoms with Crippen LogP contribution >= 0.6 is 0 Å². The predicted octanol–water partition coefficient (Wildman–Crippen LogP) is 4.44. The second-order valence-corrected chi connectivity index (χ2v) is 5.31. The zero-order valence-electron chi connectivity index (χ0n) is 13.2. The molecule has 3 aromatic rings. The Morgan fingerprint density at radius 2 is 2.00 bits per heavy atom. The van der Waals surface area contributed by atoms with Gasteiger partial charge in [0.2, 0.25) is 0 Å². The molecular formula is C18H19N3O2. The van der Waals surface area contributed by atoms with Crippen LogP contribution in [0.5, 0.6) is 0 Å². The molecule has 0 saturated carbocycles. The molecule has 118 valence electrons. The standard InChI is InChI=1S/C18H19N3O2/c1-3-21(18(22)20-15-8-10-19-11-9-15)13(2)17-12-14-6-4-5-7-16(14)23-17/h4-13H,3H2,1-2H3,(H,19,20,22)/t13-/m0/s1. The minimum atomic E-state index is -0.161. The third-order valence-corrected chi connectivity index (χ3v) is 3.86. The van der Waals surface area contributed by atoms with Crippen LogP contribution in [0.2, 0.25) is 0 Å². The number of hydrogen-bond donors (Lipinski definition) is 1. The zero-order chi connectivity index (χ0) is 16.2. The lowest BCUT2D eigenvalue weighted by Crippen LogP contribution is -2.36. The van der Waals surface area contributed by atoms with Crippen LogP contribution in [0.1, 0.15) is 25.6 Å². The lowest BCUT2D eigenvalue weighted by Gasteiger charge is -2.26. The van der Waals surface area contributed by atoms with Crippen LogP contribution in [0.3, 0.4) is 0 Å². The quantitative estimate of drug-likeness (QED) is 0.775. The summed E-state index contributed by atoms with van der Waals surface area (Å²) >= 11 is 0. The average Bonchev–Trinajstić information content (AvgIpc) is 3.00. The Kier molecular flexibility index (Phi) is 4.28. The van der Waals surface area contributed by atoms with E-state index in [0.717, 1.165) is 22.4 Å². The van der Waals surface area contributed by atoms with Gasteiger partial charge < -0.3 is 14.6 Å². The van der Waals surface area contributed by atoms with Crippen molar-refractivity contribution in [1.29, 1.82) is 0 Å². The van der Waals surface area contributed by atoms with Crippen LogP contribution in [0.4, 0.5) is 10.5 Å². The van der Waals surface area contributed by atoms with E-state index >= 15 is 0 Å². The van der Waals surface area contributed by atoms with Crippen molar-refractivity contribution in [1.82, 2.24) is 9.88 Å². The number of carbonyl (C=O) groups excluding carboxylic acids is 1. The molecule has 0 unspecified atom stereocenters. The lowest BCUT2D eigenvalue weighted by molar-refractivity contribution is 0.189. The van der Waals surface area contributed by atoms with Gasteiger partial charge in [-0.1, -0.05) is 18.2 Å². The molecule has 0 spiro atoms. The van der Waals surface area contributed by atoms with Crippen molar-refractivity contribution in [3.8, 4) is 0 Å². The maximum absolute atomic E-state index is 12.5. The Hall–Kier alpha value is -2.82. The largest absolute Gasteiger partial charge is 0.459 e. The average molecular weight is 309 g/mol. The van der Waals surface area contributed by atoms with Crippen LogP contribution in [-0.2, 0) is 0 Å². The SMILES string of the molecule is CCN(C(=O)Nc1ccncc1)[C@@H](C)c1cc2ccccc2o1. The first-order chi connectivity index (χ1) is 11.2. The molecule has 5 nitrogen and oxygen atoms in total. The van der Waals surface area contributed by atoms with Crippen molar-refractivity contribution in [2.45, 2.75) is 19.9 Å². The zero-order valence-corrected chi connectivity index (χ0v) is 13.2. The molecule has 0 bridgehead atoms. The Balaban J connectivity index is 1.80. The number of urea groups is 1. The molecule has 0 saturated heterocycles. The number of fused-ring (bicyclic) bond motifs is 1. The maximum atomic E-state index is 12.5. The number of pyridine rings is 1. The summed E-state index contributed by atoms with van der Waals surface area (Å²) in [7, 11) is 0. The summed E-state index contributed by atoms with van der Waals surface area (Å²) in [4.78, 5) is 18.2. The van der Waals surface area contributed by atoms with E-state index in [1.165, 1.54) is 0 Å². The third-order valence-electron chi connectivity index (χ3n) is 3.86. The Morgan fingerprint density at radius 3 is 2.70 bits per heavy atom. The van der Waals surface area contributed by atoms with Crippen molar-refractivity contribution < 1.29 is 9.21 Å². The molecule has 2 aromatic heterocycles. The summed E-state index contributed by atoms with van der Waals surface area (Å²) in [6.45, 7) is 4.49. The first-order valence-electron chi connectivity index (χ1n) is 7.65. The van der Waals surface area contributed by atoms with Gasteiger partial charge in [0.1, 0.15) is 11.3 Å². The third kappa shape index (κ3) is 3.18. The number of rotatable bonds is 4. The highest BCUT2D eigenvalue weighted by atomic mass is 16.3. The Labute approximate surface area is 134 Å². The molecule has 0 radical (unpaired) electrons. The van der Waals surface area contributed by atoms with E-state index in [0.29, 0.717) is 6.54 Å². The molecule has 2 heterocycles. The first kappa shape index (κ1) is 15.1. The number of hydrogen-bond acceptors (Lipinski definition) is 3. The Morgan fingerprint density at radius 1 is 1.26 bits per heavy atom. The normalized spacial score (nSPS) is 12.1. The number of nitrogens with zero attached hydrogens (tertiary/aromatic N) is 2. The minimum Gasteiger partial charge on any atom is -0.459 e. The fraction of sp³-hybridized carbons (Fsp3) is 0.222.